The normalized spacial score (nSPS) is 10.9. The lowest BCUT2D eigenvalue weighted by atomic mass is 10.2. The first kappa shape index (κ1) is 17.0. The Kier molecular flexibility index (Phi) is 4.53. The standard InChI is InChI=1S/C23H15N3S2/c1-3-8-16(9-4-1)22-25-20(14-27-22)18-12-7-13-19(24-18)21-15-28-23(26-21)17-10-5-2-6-11-17/h1-15H. The second-order valence-electron chi connectivity index (χ2n) is 6.22. The van der Waals surface area contributed by atoms with Gasteiger partial charge in [-0.05, 0) is 12.1 Å². The summed E-state index contributed by atoms with van der Waals surface area (Å²) in [5.41, 5.74) is 5.77. The highest BCUT2D eigenvalue weighted by atomic mass is 32.1. The van der Waals surface area contributed by atoms with Crippen LogP contribution in [-0.4, -0.2) is 15.0 Å². The molecule has 0 saturated carbocycles. The largest absolute Gasteiger partial charge is 0.244 e. The number of aromatic nitrogens is 3. The van der Waals surface area contributed by atoms with Crippen molar-refractivity contribution in [2.24, 2.45) is 0 Å². The molecule has 0 amide bonds. The van der Waals surface area contributed by atoms with Gasteiger partial charge in [-0.15, -0.1) is 22.7 Å². The molecule has 3 aromatic heterocycles. The van der Waals surface area contributed by atoms with Crippen molar-refractivity contribution in [2.75, 3.05) is 0 Å². The Labute approximate surface area is 171 Å². The van der Waals surface area contributed by atoms with Gasteiger partial charge in [0.05, 0.1) is 11.4 Å². The van der Waals surface area contributed by atoms with Gasteiger partial charge in [0.25, 0.3) is 0 Å². The van der Waals surface area contributed by atoms with Crippen LogP contribution < -0.4 is 0 Å². The van der Waals surface area contributed by atoms with E-state index in [4.69, 9.17) is 15.0 Å². The fourth-order valence-corrected chi connectivity index (χ4v) is 4.57. The van der Waals surface area contributed by atoms with E-state index in [-0.39, 0.29) is 0 Å². The number of thiazole rings is 2. The molecule has 2 aromatic carbocycles. The molecular formula is C23H15N3S2. The van der Waals surface area contributed by atoms with Crippen molar-refractivity contribution in [3.8, 4) is 43.9 Å². The van der Waals surface area contributed by atoms with E-state index in [0.717, 1.165) is 43.9 Å². The van der Waals surface area contributed by atoms with Crippen molar-refractivity contribution in [1.82, 2.24) is 15.0 Å². The minimum atomic E-state index is 0.866. The average Bonchev–Trinajstić information content (AvgIpc) is 3.46. The van der Waals surface area contributed by atoms with Gasteiger partial charge in [-0.2, -0.15) is 0 Å². The van der Waals surface area contributed by atoms with Crippen LogP contribution in [0.4, 0.5) is 0 Å². The first-order valence-corrected chi connectivity index (χ1v) is 10.6. The molecule has 0 unspecified atom stereocenters. The maximum Gasteiger partial charge on any atom is 0.124 e. The van der Waals surface area contributed by atoms with Gasteiger partial charge in [0.15, 0.2) is 0 Å². The molecule has 5 aromatic rings. The van der Waals surface area contributed by atoms with Gasteiger partial charge in [-0.25, -0.2) is 15.0 Å². The van der Waals surface area contributed by atoms with Crippen molar-refractivity contribution in [3.63, 3.8) is 0 Å². The highest BCUT2D eigenvalue weighted by Crippen LogP contribution is 2.31. The summed E-state index contributed by atoms with van der Waals surface area (Å²) in [5, 5.41) is 6.13. The molecule has 0 bridgehead atoms. The zero-order valence-corrected chi connectivity index (χ0v) is 16.5. The fourth-order valence-electron chi connectivity index (χ4n) is 2.93. The second kappa shape index (κ2) is 7.46. The van der Waals surface area contributed by atoms with E-state index in [1.54, 1.807) is 22.7 Å². The van der Waals surface area contributed by atoms with Crippen molar-refractivity contribution >= 4 is 22.7 Å². The summed E-state index contributed by atoms with van der Waals surface area (Å²) in [5.74, 6) is 0. The number of nitrogens with zero attached hydrogens (tertiary/aromatic N) is 3. The van der Waals surface area contributed by atoms with Gasteiger partial charge in [0.1, 0.15) is 21.4 Å². The van der Waals surface area contributed by atoms with Crippen LogP contribution in [0.15, 0.2) is 89.6 Å². The second-order valence-corrected chi connectivity index (χ2v) is 7.93. The molecule has 3 nitrogen and oxygen atoms in total. The zero-order chi connectivity index (χ0) is 18.8. The SMILES string of the molecule is c1ccc(-c2nc(-c3cccc(-c4csc(-c5ccccc5)n4)n3)cs2)cc1. The Balaban J connectivity index is 1.46. The third-order valence-electron chi connectivity index (χ3n) is 4.32. The maximum atomic E-state index is 4.82. The summed E-state index contributed by atoms with van der Waals surface area (Å²) in [6.07, 6.45) is 0. The van der Waals surface area contributed by atoms with Crippen LogP contribution in [0, 0.1) is 0 Å². The van der Waals surface area contributed by atoms with Crippen molar-refractivity contribution in [3.05, 3.63) is 89.6 Å². The van der Waals surface area contributed by atoms with Crippen molar-refractivity contribution in [2.45, 2.75) is 0 Å². The van der Waals surface area contributed by atoms with Gasteiger partial charge in [0, 0.05) is 21.9 Å². The van der Waals surface area contributed by atoms with E-state index in [1.807, 2.05) is 54.6 Å². The van der Waals surface area contributed by atoms with E-state index in [2.05, 4.69) is 35.0 Å². The molecule has 0 atom stereocenters. The molecule has 0 fully saturated rings. The first-order chi connectivity index (χ1) is 13.9. The Bertz CT molecular complexity index is 1120. The minimum Gasteiger partial charge on any atom is -0.244 e. The quantitative estimate of drug-likeness (QED) is 0.340. The van der Waals surface area contributed by atoms with Crippen LogP contribution in [0.3, 0.4) is 0 Å². The van der Waals surface area contributed by atoms with Crippen molar-refractivity contribution < 1.29 is 0 Å². The Morgan fingerprint density at radius 1 is 0.429 bits per heavy atom. The van der Waals surface area contributed by atoms with E-state index in [9.17, 15) is 0 Å². The molecule has 0 N–H and O–H groups in total. The molecule has 0 spiro atoms. The monoisotopic (exact) mass is 397 g/mol. The highest BCUT2D eigenvalue weighted by Gasteiger charge is 2.11. The summed E-state index contributed by atoms with van der Waals surface area (Å²) in [6, 6.07) is 26.5. The molecule has 0 saturated heterocycles. The van der Waals surface area contributed by atoms with Gasteiger partial charge < -0.3 is 0 Å². The molecule has 28 heavy (non-hydrogen) atoms. The number of benzene rings is 2. The maximum absolute atomic E-state index is 4.82. The van der Waals surface area contributed by atoms with Gasteiger partial charge >= 0.3 is 0 Å². The third-order valence-corrected chi connectivity index (χ3v) is 6.11. The molecule has 0 radical (unpaired) electrons. The molecule has 3 heterocycles. The highest BCUT2D eigenvalue weighted by molar-refractivity contribution is 7.13. The molecule has 0 aliphatic heterocycles. The molecule has 0 aliphatic rings. The van der Waals surface area contributed by atoms with E-state index < -0.39 is 0 Å². The number of hydrogen-bond donors (Lipinski definition) is 0. The van der Waals surface area contributed by atoms with E-state index in [0.29, 0.717) is 0 Å². The van der Waals surface area contributed by atoms with Crippen LogP contribution in [0.5, 0.6) is 0 Å². The predicted molar refractivity (Wildman–Crippen MR) is 117 cm³/mol. The molecule has 5 heteroatoms. The van der Waals surface area contributed by atoms with Crippen LogP contribution in [-0.2, 0) is 0 Å². The summed E-state index contributed by atoms with van der Waals surface area (Å²) in [6.45, 7) is 0. The topological polar surface area (TPSA) is 38.7 Å². The summed E-state index contributed by atoms with van der Waals surface area (Å²) < 4.78 is 0. The third kappa shape index (κ3) is 3.38. The molecule has 0 aliphatic carbocycles. The van der Waals surface area contributed by atoms with Gasteiger partial charge in [0.2, 0.25) is 0 Å². The van der Waals surface area contributed by atoms with Crippen LogP contribution >= 0.6 is 22.7 Å². The number of rotatable bonds is 4. The van der Waals surface area contributed by atoms with E-state index >= 15 is 0 Å². The number of hydrogen-bond acceptors (Lipinski definition) is 5. The minimum absolute atomic E-state index is 0.866. The smallest absolute Gasteiger partial charge is 0.124 e. The molecule has 5 rings (SSSR count). The lowest BCUT2D eigenvalue weighted by Crippen LogP contribution is -1.88. The van der Waals surface area contributed by atoms with Gasteiger partial charge in [-0.1, -0.05) is 66.7 Å². The van der Waals surface area contributed by atoms with Crippen LogP contribution in [0.25, 0.3) is 43.9 Å². The van der Waals surface area contributed by atoms with E-state index in [1.165, 1.54) is 0 Å². The summed E-state index contributed by atoms with van der Waals surface area (Å²) in [7, 11) is 0. The summed E-state index contributed by atoms with van der Waals surface area (Å²) in [4.78, 5) is 14.4. The van der Waals surface area contributed by atoms with Crippen LogP contribution in [0.2, 0.25) is 0 Å². The Morgan fingerprint density at radius 3 is 1.36 bits per heavy atom. The number of pyridine rings is 1. The fraction of sp³-hybridized carbons (Fsp3) is 0. The molecular weight excluding hydrogens is 382 g/mol. The Hall–Kier alpha value is -3.15. The molecule has 134 valence electrons. The lowest BCUT2D eigenvalue weighted by molar-refractivity contribution is 1.26. The van der Waals surface area contributed by atoms with Gasteiger partial charge in [-0.3, -0.25) is 0 Å². The van der Waals surface area contributed by atoms with Crippen LogP contribution in [0.1, 0.15) is 0 Å². The Morgan fingerprint density at radius 2 is 0.893 bits per heavy atom. The van der Waals surface area contributed by atoms with Crippen molar-refractivity contribution in [1.29, 1.82) is 0 Å². The summed E-state index contributed by atoms with van der Waals surface area (Å²) >= 11 is 3.27. The zero-order valence-electron chi connectivity index (χ0n) is 14.8. The lowest BCUT2D eigenvalue weighted by Gasteiger charge is -2.00. The predicted octanol–water partition coefficient (Wildman–Crippen LogP) is 6.66. The average molecular weight is 398 g/mol. The first-order valence-electron chi connectivity index (χ1n) is 8.86.